The predicted octanol–water partition coefficient (Wildman–Crippen LogP) is 5.06. The van der Waals surface area contributed by atoms with Crippen molar-refractivity contribution in [3.8, 4) is 5.69 Å². The minimum atomic E-state index is -0.446. The first-order valence-electron chi connectivity index (χ1n) is 9.56. The normalized spacial score (nSPS) is 11.7. The van der Waals surface area contributed by atoms with Gasteiger partial charge >= 0.3 is 0 Å². The molecule has 5 nitrogen and oxygen atoms in total. The number of amides is 1. The molecule has 2 aromatic carbocycles. The second kappa shape index (κ2) is 7.51. The van der Waals surface area contributed by atoms with E-state index >= 15 is 0 Å². The summed E-state index contributed by atoms with van der Waals surface area (Å²) in [6, 6.07) is 12.2. The van der Waals surface area contributed by atoms with Crippen molar-refractivity contribution >= 4 is 22.6 Å². The topological polar surface area (TPSA) is 59.8 Å². The molecular weight excluding hydrogens is 336 g/mol. The van der Waals surface area contributed by atoms with Crippen LogP contribution in [0.2, 0.25) is 0 Å². The summed E-state index contributed by atoms with van der Waals surface area (Å²) in [6.07, 6.45) is 3.49. The van der Waals surface area contributed by atoms with Crippen molar-refractivity contribution in [2.24, 2.45) is 5.41 Å². The van der Waals surface area contributed by atoms with Crippen LogP contribution in [0.5, 0.6) is 0 Å². The van der Waals surface area contributed by atoms with E-state index in [0.29, 0.717) is 0 Å². The van der Waals surface area contributed by atoms with Gasteiger partial charge in [0.1, 0.15) is 11.0 Å². The van der Waals surface area contributed by atoms with Gasteiger partial charge in [-0.2, -0.15) is 4.80 Å². The number of anilines is 1. The maximum atomic E-state index is 12.3. The lowest BCUT2D eigenvalue weighted by Gasteiger charge is -2.18. The SMILES string of the molecule is CCCCc1ccc(-n2nc3cc(C)c(NC(=O)C(C)(C)C)cc3n2)cc1. The zero-order valence-electron chi connectivity index (χ0n) is 16.8. The summed E-state index contributed by atoms with van der Waals surface area (Å²) in [6.45, 7) is 9.87. The number of hydrogen-bond donors (Lipinski definition) is 1. The van der Waals surface area contributed by atoms with Gasteiger partial charge in [-0.25, -0.2) is 0 Å². The molecular formula is C22H28N4O. The summed E-state index contributed by atoms with van der Waals surface area (Å²) in [5.74, 6) is -0.0139. The second-order valence-electron chi connectivity index (χ2n) is 8.12. The van der Waals surface area contributed by atoms with Gasteiger partial charge in [-0.05, 0) is 55.2 Å². The molecule has 0 unspecified atom stereocenters. The highest BCUT2D eigenvalue weighted by molar-refractivity contribution is 5.97. The number of aromatic nitrogens is 3. The van der Waals surface area contributed by atoms with Gasteiger partial charge in [0.05, 0.1) is 5.69 Å². The lowest BCUT2D eigenvalue weighted by molar-refractivity contribution is -0.123. The van der Waals surface area contributed by atoms with Crippen LogP contribution in [0, 0.1) is 12.3 Å². The highest BCUT2D eigenvalue weighted by Gasteiger charge is 2.22. The number of aryl methyl sites for hydroxylation is 2. The number of nitrogens with one attached hydrogen (secondary N) is 1. The first-order chi connectivity index (χ1) is 12.8. The molecule has 0 bridgehead atoms. The summed E-state index contributed by atoms with van der Waals surface area (Å²) in [5.41, 5.74) is 5.16. The minimum Gasteiger partial charge on any atom is -0.325 e. The lowest BCUT2D eigenvalue weighted by atomic mass is 9.95. The molecule has 142 valence electrons. The van der Waals surface area contributed by atoms with Gasteiger partial charge in [-0.1, -0.05) is 46.2 Å². The van der Waals surface area contributed by atoms with Crippen molar-refractivity contribution in [2.45, 2.75) is 53.9 Å². The number of benzene rings is 2. The third-order valence-corrected chi connectivity index (χ3v) is 4.64. The maximum absolute atomic E-state index is 12.3. The molecule has 0 radical (unpaired) electrons. The Morgan fingerprint density at radius 3 is 2.30 bits per heavy atom. The molecule has 1 aromatic heterocycles. The fourth-order valence-electron chi connectivity index (χ4n) is 2.80. The van der Waals surface area contributed by atoms with Crippen molar-refractivity contribution in [3.05, 3.63) is 47.5 Å². The van der Waals surface area contributed by atoms with E-state index in [1.165, 1.54) is 18.4 Å². The van der Waals surface area contributed by atoms with E-state index in [2.05, 4.69) is 46.7 Å². The number of carbonyl (C=O) groups is 1. The molecule has 1 amide bonds. The molecule has 0 aliphatic rings. The third-order valence-electron chi connectivity index (χ3n) is 4.64. The molecule has 27 heavy (non-hydrogen) atoms. The Labute approximate surface area is 160 Å². The fraction of sp³-hybridized carbons (Fsp3) is 0.409. The first kappa shape index (κ1) is 19.1. The highest BCUT2D eigenvalue weighted by atomic mass is 16.2. The average molecular weight is 364 g/mol. The molecule has 0 atom stereocenters. The summed E-state index contributed by atoms with van der Waals surface area (Å²) in [7, 11) is 0. The van der Waals surface area contributed by atoms with Gasteiger partial charge < -0.3 is 5.32 Å². The Bertz CT molecular complexity index is 949. The Morgan fingerprint density at radius 1 is 1.07 bits per heavy atom. The van der Waals surface area contributed by atoms with Crippen LogP contribution < -0.4 is 5.32 Å². The summed E-state index contributed by atoms with van der Waals surface area (Å²) < 4.78 is 0. The van der Waals surface area contributed by atoms with Gasteiger partial charge in [-0.3, -0.25) is 4.79 Å². The molecule has 0 fully saturated rings. The van der Waals surface area contributed by atoms with Crippen molar-refractivity contribution in [2.75, 3.05) is 5.32 Å². The molecule has 0 aliphatic carbocycles. The van der Waals surface area contributed by atoms with E-state index < -0.39 is 5.41 Å². The van der Waals surface area contributed by atoms with Gasteiger partial charge in [0.15, 0.2) is 0 Å². The molecule has 3 aromatic rings. The van der Waals surface area contributed by atoms with E-state index in [0.717, 1.165) is 34.4 Å². The van der Waals surface area contributed by atoms with E-state index in [9.17, 15) is 4.79 Å². The fourth-order valence-corrected chi connectivity index (χ4v) is 2.80. The average Bonchev–Trinajstić information content (AvgIpc) is 3.02. The minimum absolute atomic E-state index is 0.0139. The number of fused-ring (bicyclic) bond motifs is 1. The Hall–Kier alpha value is -2.69. The van der Waals surface area contributed by atoms with Crippen molar-refractivity contribution in [3.63, 3.8) is 0 Å². The number of rotatable bonds is 5. The van der Waals surface area contributed by atoms with Crippen LogP contribution >= 0.6 is 0 Å². The van der Waals surface area contributed by atoms with Crippen LogP contribution in [-0.2, 0) is 11.2 Å². The number of hydrogen-bond acceptors (Lipinski definition) is 3. The third kappa shape index (κ3) is 4.35. The molecule has 0 saturated carbocycles. The molecule has 3 rings (SSSR count). The quantitative estimate of drug-likeness (QED) is 0.689. The Kier molecular flexibility index (Phi) is 5.31. The van der Waals surface area contributed by atoms with E-state index in [4.69, 9.17) is 0 Å². The summed E-state index contributed by atoms with van der Waals surface area (Å²) >= 11 is 0. The van der Waals surface area contributed by atoms with E-state index in [1.54, 1.807) is 4.80 Å². The van der Waals surface area contributed by atoms with Crippen LogP contribution in [0.1, 0.15) is 51.7 Å². The van der Waals surface area contributed by atoms with E-state index in [1.807, 2.05) is 39.8 Å². The summed E-state index contributed by atoms with van der Waals surface area (Å²) in [4.78, 5) is 14.0. The van der Waals surface area contributed by atoms with Crippen molar-refractivity contribution in [1.82, 2.24) is 15.0 Å². The van der Waals surface area contributed by atoms with Crippen molar-refractivity contribution < 1.29 is 4.79 Å². The highest BCUT2D eigenvalue weighted by Crippen LogP contribution is 2.24. The lowest BCUT2D eigenvalue weighted by Crippen LogP contribution is -2.27. The Balaban J connectivity index is 1.88. The number of carbonyl (C=O) groups excluding carboxylic acids is 1. The maximum Gasteiger partial charge on any atom is 0.229 e. The zero-order valence-corrected chi connectivity index (χ0v) is 16.8. The largest absolute Gasteiger partial charge is 0.325 e. The Morgan fingerprint density at radius 2 is 1.70 bits per heavy atom. The molecule has 5 heteroatoms. The second-order valence-corrected chi connectivity index (χ2v) is 8.12. The van der Waals surface area contributed by atoms with Crippen molar-refractivity contribution in [1.29, 1.82) is 0 Å². The van der Waals surface area contributed by atoms with Gasteiger partial charge in [0, 0.05) is 11.1 Å². The molecule has 0 saturated heterocycles. The van der Waals surface area contributed by atoms with Gasteiger partial charge in [-0.15, -0.1) is 10.2 Å². The van der Waals surface area contributed by atoms with Crippen LogP contribution in [0.25, 0.3) is 16.7 Å². The van der Waals surface area contributed by atoms with Crippen LogP contribution in [-0.4, -0.2) is 20.9 Å². The molecule has 0 spiro atoms. The predicted molar refractivity (Wildman–Crippen MR) is 110 cm³/mol. The van der Waals surface area contributed by atoms with Gasteiger partial charge in [0.25, 0.3) is 0 Å². The zero-order chi connectivity index (χ0) is 19.6. The molecule has 0 aliphatic heterocycles. The van der Waals surface area contributed by atoms with Gasteiger partial charge in [0.2, 0.25) is 5.91 Å². The van der Waals surface area contributed by atoms with Crippen LogP contribution in [0.15, 0.2) is 36.4 Å². The number of unbranched alkanes of at least 4 members (excludes halogenated alkanes) is 1. The van der Waals surface area contributed by atoms with E-state index in [-0.39, 0.29) is 5.91 Å². The summed E-state index contributed by atoms with van der Waals surface area (Å²) in [5, 5.41) is 12.2. The van der Waals surface area contributed by atoms with Crippen LogP contribution in [0.4, 0.5) is 5.69 Å². The standard InChI is InChI=1S/C22H28N4O/c1-6-7-8-16-9-11-17(12-10-16)26-24-19-13-15(2)18(14-20(19)25-26)23-21(27)22(3,4)5/h9-14H,6-8H2,1-5H3,(H,23,27). The molecule has 1 N–H and O–H groups in total. The first-order valence-corrected chi connectivity index (χ1v) is 9.56. The van der Waals surface area contributed by atoms with Crippen LogP contribution in [0.3, 0.4) is 0 Å². The molecule has 1 heterocycles. The monoisotopic (exact) mass is 364 g/mol. The smallest absolute Gasteiger partial charge is 0.229 e. The number of nitrogens with zero attached hydrogens (tertiary/aromatic N) is 3.